The lowest BCUT2D eigenvalue weighted by Gasteiger charge is -2.16. The molecule has 27 heavy (non-hydrogen) atoms. The van der Waals surface area contributed by atoms with Gasteiger partial charge in [0.25, 0.3) is 5.91 Å². The molecule has 4 rings (SSSR count). The Morgan fingerprint density at radius 2 is 1.85 bits per heavy atom. The highest BCUT2D eigenvalue weighted by molar-refractivity contribution is 5.94. The second kappa shape index (κ2) is 7.27. The van der Waals surface area contributed by atoms with Crippen molar-refractivity contribution in [2.24, 2.45) is 0 Å². The van der Waals surface area contributed by atoms with Gasteiger partial charge in [-0.25, -0.2) is 0 Å². The number of hydrogen-bond donors (Lipinski definition) is 2. The molecule has 1 unspecified atom stereocenters. The third-order valence-electron chi connectivity index (χ3n) is 4.98. The summed E-state index contributed by atoms with van der Waals surface area (Å²) < 4.78 is 0. The number of nitrogens with one attached hydrogen (secondary N) is 2. The Bertz CT molecular complexity index is 928. The molecule has 0 saturated carbocycles. The van der Waals surface area contributed by atoms with Crippen LogP contribution in [0, 0.1) is 13.8 Å². The van der Waals surface area contributed by atoms with Crippen LogP contribution in [0.3, 0.4) is 0 Å². The normalized spacial score (nSPS) is 16.5. The van der Waals surface area contributed by atoms with E-state index in [1.807, 2.05) is 44.2 Å². The van der Waals surface area contributed by atoms with Crippen molar-refractivity contribution in [1.29, 1.82) is 0 Å². The minimum Gasteiger partial charge on any atom is -0.353 e. The van der Waals surface area contributed by atoms with Gasteiger partial charge in [-0.2, -0.15) is 5.10 Å². The predicted molar refractivity (Wildman–Crippen MR) is 108 cm³/mol. The van der Waals surface area contributed by atoms with Crippen LogP contribution in [0.4, 0.5) is 5.82 Å². The molecule has 1 amide bonds. The largest absolute Gasteiger partial charge is 0.353 e. The lowest BCUT2D eigenvalue weighted by molar-refractivity contribution is 0.0940. The van der Waals surface area contributed by atoms with Crippen LogP contribution < -0.4 is 10.2 Å². The highest BCUT2D eigenvalue weighted by Crippen LogP contribution is 2.24. The monoisotopic (exact) mass is 360 g/mol. The molecule has 5 heteroatoms. The fourth-order valence-electron chi connectivity index (χ4n) is 3.70. The SMILES string of the molecule is Cc1cc(C)cc(C(=O)NC2CCN(c3cc(-c4ccccc4)[nH]n3)C2)c1. The number of amides is 1. The molecule has 0 bridgehead atoms. The number of anilines is 1. The molecule has 3 aromatic rings. The number of nitrogens with zero attached hydrogens (tertiary/aromatic N) is 2. The summed E-state index contributed by atoms with van der Waals surface area (Å²) in [4.78, 5) is 14.8. The Morgan fingerprint density at radius 1 is 1.11 bits per heavy atom. The zero-order valence-electron chi connectivity index (χ0n) is 15.7. The van der Waals surface area contributed by atoms with Crippen LogP contribution in [0.1, 0.15) is 27.9 Å². The first-order valence-electron chi connectivity index (χ1n) is 9.33. The molecule has 2 N–H and O–H groups in total. The Kier molecular flexibility index (Phi) is 4.67. The number of aromatic nitrogens is 2. The average molecular weight is 360 g/mol. The number of rotatable bonds is 4. The lowest BCUT2D eigenvalue weighted by atomic mass is 10.1. The van der Waals surface area contributed by atoms with Gasteiger partial charge in [-0.3, -0.25) is 9.89 Å². The van der Waals surface area contributed by atoms with Crippen LogP contribution in [-0.4, -0.2) is 35.2 Å². The van der Waals surface area contributed by atoms with Gasteiger partial charge in [0.1, 0.15) is 0 Å². The minimum absolute atomic E-state index is 0.000604. The van der Waals surface area contributed by atoms with Gasteiger partial charge in [0, 0.05) is 30.8 Å². The van der Waals surface area contributed by atoms with E-state index in [1.165, 1.54) is 0 Å². The molecule has 138 valence electrons. The van der Waals surface area contributed by atoms with Crippen molar-refractivity contribution >= 4 is 11.7 Å². The van der Waals surface area contributed by atoms with Crippen LogP contribution in [0.25, 0.3) is 11.3 Å². The number of carbonyl (C=O) groups excluding carboxylic acids is 1. The highest BCUT2D eigenvalue weighted by Gasteiger charge is 2.26. The smallest absolute Gasteiger partial charge is 0.251 e. The molecule has 1 aromatic heterocycles. The Morgan fingerprint density at radius 3 is 2.59 bits per heavy atom. The first kappa shape index (κ1) is 17.3. The average Bonchev–Trinajstić information content (AvgIpc) is 3.31. The standard InChI is InChI=1S/C22H24N4O/c1-15-10-16(2)12-18(11-15)22(27)23-19-8-9-26(14-19)21-13-20(24-25-21)17-6-4-3-5-7-17/h3-7,10-13,19H,8-9,14H2,1-2H3,(H,23,27)(H,24,25). The zero-order valence-corrected chi connectivity index (χ0v) is 15.7. The Hall–Kier alpha value is -3.08. The summed E-state index contributed by atoms with van der Waals surface area (Å²) in [5, 5.41) is 10.7. The van der Waals surface area contributed by atoms with E-state index in [-0.39, 0.29) is 11.9 Å². The minimum atomic E-state index is 0.000604. The second-order valence-electron chi connectivity index (χ2n) is 7.29. The molecule has 1 aliphatic heterocycles. The van der Waals surface area contributed by atoms with Crippen molar-refractivity contribution < 1.29 is 4.79 Å². The third-order valence-corrected chi connectivity index (χ3v) is 4.98. The molecule has 5 nitrogen and oxygen atoms in total. The molecule has 1 aliphatic rings. The molecule has 0 spiro atoms. The molecule has 1 atom stereocenters. The first-order valence-corrected chi connectivity index (χ1v) is 9.33. The van der Waals surface area contributed by atoms with Gasteiger partial charge in [-0.1, -0.05) is 47.5 Å². The molecule has 0 aliphatic carbocycles. The lowest BCUT2D eigenvalue weighted by Crippen LogP contribution is -2.37. The van der Waals surface area contributed by atoms with Gasteiger partial charge in [0.15, 0.2) is 5.82 Å². The fraction of sp³-hybridized carbons (Fsp3) is 0.273. The number of carbonyl (C=O) groups is 1. The van der Waals surface area contributed by atoms with Gasteiger partial charge in [-0.15, -0.1) is 0 Å². The number of hydrogen-bond acceptors (Lipinski definition) is 3. The second-order valence-corrected chi connectivity index (χ2v) is 7.29. The van der Waals surface area contributed by atoms with Gasteiger partial charge >= 0.3 is 0 Å². The van der Waals surface area contributed by atoms with Crippen molar-refractivity contribution in [2.45, 2.75) is 26.3 Å². The van der Waals surface area contributed by atoms with Gasteiger partial charge < -0.3 is 10.2 Å². The van der Waals surface area contributed by atoms with Gasteiger partial charge in [0.2, 0.25) is 0 Å². The van der Waals surface area contributed by atoms with E-state index in [9.17, 15) is 4.79 Å². The molecular formula is C22H24N4O. The number of aromatic amines is 1. The predicted octanol–water partition coefficient (Wildman–Crippen LogP) is 3.70. The Labute approximate surface area is 159 Å². The summed E-state index contributed by atoms with van der Waals surface area (Å²) in [5.41, 5.74) is 5.08. The summed E-state index contributed by atoms with van der Waals surface area (Å²) in [5.74, 6) is 0.928. The van der Waals surface area contributed by atoms with Gasteiger partial charge in [0.05, 0.1) is 5.69 Å². The van der Waals surface area contributed by atoms with Crippen molar-refractivity contribution in [3.05, 3.63) is 71.3 Å². The molecule has 2 aromatic carbocycles. The van der Waals surface area contributed by atoms with Crippen molar-refractivity contribution in [3.8, 4) is 11.3 Å². The first-order chi connectivity index (χ1) is 13.1. The van der Waals surface area contributed by atoms with E-state index < -0.39 is 0 Å². The van der Waals surface area contributed by atoms with Crippen molar-refractivity contribution in [3.63, 3.8) is 0 Å². The topological polar surface area (TPSA) is 61.0 Å². The summed E-state index contributed by atoms with van der Waals surface area (Å²) in [6, 6.07) is 18.3. The number of benzene rings is 2. The van der Waals surface area contributed by atoms with Gasteiger partial charge in [-0.05, 0) is 38.0 Å². The van der Waals surface area contributed by atoms with Crippen LogP contribution in [0.15, 0.2) is 54.6 Å². The van der Waals surface area contributed by atoms with E-state index >= 15 is 0 Å². The highest BCUT2D eigenvalue weighted by atomic mass is 16.1. The van der Waals surface area contributed by atoms with E-state index in [1.54, 1.807) is 0 Å². The molecule has 1 fully saturated rings. The number of aryl methyl sites for hydroxylation is 2. The molecule has 1 saturated heterocycles. The van der Waals surface area contributed by atoms with Crippen molar-refractivity contribution in [1.82, 2.24) is 15.5 Å². The maximum Gasteiger partial charge on any atom is 0.251 e. The molecular weight excluding hydrogens is 336 g/mol. The third kappa shape index (κ3) is 3.87. The van der Waals surface area contributed by atoms with E-state index in [4.69, 9.17) is 0 Å². The fourth-order valence-corrected chi connectivity index (χ4v) is 3.70. The molecule has 0 radical (unpaired) electrons. The Balaban J connectivity index is 1.40. The quantitative estimate of drug-likeness (QED) is 0.746. The van der Waals surface area contributed by atoms with E-state index in [0.29, 0.717) is 0 Å². The summed E-state index contributed by atoms with van der Waals surface area (Å²) in [6.07, 6.45) is 0.921. The summed E-state index contributed by atoms with van der Waals surface area (Å²) >= 11 is 0. The maximum atomic E-state index is 12.6. The summed E-state index contributed by atoms with van der Waals surface area (Å²) in [6.45, 7) is 5.69. The maximum absolute atomic E-state index is 12.6. The van der Waals surface area contributed by atoms with Crippen LogP contribution in [0.2, 0.25) is 0 Å². The van der Waals surface area contributed by atoms with Crippen molar-refractivity contribution in [2.75, 3.05) is 18.0 Å². The molecule has 2 heterocycles. The van der Waals surface area contributed by atoms with Crippen LogP contribution >= 0.6 is 0 Å². The van der Waals surface area contributed by atoms with E-state index in [0.717, 1.165) is 53.3 Å². The zero-order chi connectivity index (χ0) is 18.8. The van der Waals surface area contributed by atoms with Crippen LogP contribution in [0.5, 0.6) is 0 Å². The number of H-pyrrole nitrogens is 1. The van der Waals surface area contributed by atoms with E-state index in [2.05, 4.69) is 44.7 Å². The summed E-state index contributed by atoms with van der Waals surface area (Å²) in [7, 11) is 0. The van der Waals surface area contributed by atoms with Crippen LogP contribution in [-0.2, 0) is 0 Å².